The molecule has 0 unspecified atom stereocenters. The standard InChI is InChI=1S/C14H11N3O4S/c1-17-14(19)11-5-4-9(7-12(11)22(17,20)21)13(18)16-10-3-2-6-15-8-10/h2-8H,1H3,(H,16,18). The third kappa shape index (κ3) is 2.13. The van der Waals surface area contributed by atoms with Crippen molar-refractivity contribution >= 4 is 27.5 Å². The van der Waals surface area contributed by atoms with Gasteiger partial charge in [-0.1, -0.05) is 0 Å². The molecule has 0 spiro atoms. The number of nitrogens with one attached hydrogen (secondary N) is 1. The predicted octanol–water partition coefficient (Wildman–Crippen LogP) is 1.11. The van der Waals surface area contributed by atoms with Gasteiger partial charge in [-0.25, -0.2) is 12.7 Å². The third-order valence-electron chi connectivity index (χ3n) is 3.32. The van der Waals surface area contributed by atoms with Gasteiger partial charge >= 0.3 is 0 Å². The zero-order valence-electron chi connectivity index (χ0n) is 11.5. The SMILES string of the molecule is CN1C(=O)c2ccc(C(=O)Nc3cccnc3)cc2S1(=O)=O. The van der Waals surface area contributed by atoms with E-state index in [9.17, 15) is 18.0 Å². The van der Waals surface area contributed by atoms with E-state index in [0.717, 1.165) is 0 Å². The quantitative estimate of drug-likeness (QED) is 0.895. The van der Waals surface area contributed by atoms with Crippen LogP contribution >= 0.6 is 0 Å². The van der Waals surface area contributed by atoms with Crippen molar-refractivity contribution in [3.63, 3.8) is 0 Å². The first-order valence-corrected chi connectivity index (χ1v) is 7.74. The summed E-state index contributed by atoms with van der Waals surface area (Å²) in [5.74, 6) is -1.08. The van der Waals surface area contributed by atoms with E-state index in [1.807, 2.05) is 0 Å². The Hall–Kier alpha value is -2.74. The normalized spacial score (nSPS) is 15.5. The maximum absolute atomic E-state index is 12.2. The van der Waals surface area contributed by atoms with E-state index >= 15 is 0 Å². The van der Waals surface area contributed by atoms with Crippen LogP contribution in [-0.2, 0) is 10.0 Å². The molecule has 112 valence electrons. The Balaban J connectivity index is 1.97. The molecule has 0 bridgehead atoms. The van der Waals surface area contributed by atoms with Crippen LogP contribution in [-0.4, -0.2) is 36.6 Å². The predicted molar refractivity (Wildman–Crippen MR) is 77.9 cm³/mol. The van der Waals surface area contributed by atoms with Gasteiger partial charge in [0.25, 0.3) is 21.8 Å². The summed E-state index contributed by atoms with van der Waals surface area (Å²) in [7, 11) is -2.68. The molecule has 0 aliphatic carbocycles. The number of carbonyl (C=O) groups is 2. The minimum atomic E-state index is -3.87. The summed E-state index contributed by atoms with van der Waals surface area (Å²) in [5, 5.41) is 2.60. The number of pyridine rings is 1. The van der Waals surface area contributed by atoms with E-state index in [4.69, 9.17) is 0 Å². The zero-order valence-corrected chi connectivity index (χ0v) is 12.3. The lowest BCUT2D eigenvalue weighted by molar-refractivity contribution is 0.0890. The maximum Gasteiger partial charge on any atom is 0.268 e. The summed E-state index contributed by atoms with van der Waals surface area (Å²) in [6, 6.07) is 7.29. The molecule has 2 amide bonds. The second-order valence-electron chi connectivity index (χ2n) is 4.68. The minimum absolute atomic E-state index is 0.0698. The molecule has 0 saturated heterocycles. The van der Waals surface area contributed by atoms with Crippen LogP contribution in [0.25, 0.3) is 0 Å². The largest absolute Gasteiger partial charge is 0.321 e. The fraction of sp³-hybridized carbons (Fsp3) is 0.0714. The number of rotatable bonds is 2. The highest BCUT2D eigenvalue weighted by Crippen LogP contribution is 2.29. The van der Waals surface area contributed by atoms with Gasteiger partial charge in [-0.05, 0) is 30.3 Å². The van der Waals surface area contributed by atoms with Crippen LogP contribution in [0, 0.1) is 0 Å². The lowest BCUT2D eigenvalue weighted by Gasteiger charge is -2.07. The number of nitrogens with zero attached hydrogens (tertiary/aromatic N) is 2. The van der Waals surface area contributed by atoms with E-state index in [1.165, 1.54) is 31.4 Å². The van der Waals surface area contributed by atoms with Crippen molar-refractivity contribution in [2.45, 2.75) is 4.90 Å². The first-order valence-electron chi connectivity index (χ1n) is 6.30. The monoisotopic (exact) mass is 317 g/mol. The van der Waals surface area contributed by atoms with Crippen LogP contribution in [0.1, 0.15) is 20.7 Å². The van der Waals surface area contributed by atoms with Crippen molar-refractivity contribution in [2.75, 3.05) is 12.4 Å². The minimum Gasteiger partial charge on any atom is -0.321 e. The molecule has 3 rings (SSSR count). The topological polar surface area (TPSA) is 96.4 Å². The molecule has 1 aromatic heterocycles. The average molecular weight is 317 g/mol. The Morgan fingerprint density at radius 1 is 1.27 bits per heavy atom. The van der Waals surface area contributed by atoms with E-state index < -0.39 is 21.8 Å². The lowest BCUT2D eigenvalue weighted by Crippen LogP contribution is -2.24. The molecule has 0 fully saturated rings. The molecule has 2 aromatic rings. The molecular formula is C14H11N3O4S. The van der Waals surface area contributed by atoms with Crippen LogP contribution in [0.3, 0.4) is 0 Å². The highest BCUT2D eigenvalue weighted by Gasteiger charge is 2.38. The molecule has 1 N–H and O–H groups in total. The van der Waals surface area contributed by atoms with Crippen molar-refractivity contribution < 1.29 is 18.0 Å². The average Bonchev–Trinajstić information content (AvgIpc) is 2.69. The molecule has 1 aliphatic rings. The van der Waals surface area contributed by atoms with Gasteiger partial charge in [0.2, 0.25) is 0 Å². The van der Waals surface area contributed by atoms with Gasteiger partial charge in [-0.15, -0.1) is 0 Å². The van der Waals surface area contributed by atoms with Crippen molar-refractivity contribution in [1.29, 1.82) is 0 Å². The van der Waals surface area contributed by atoms with Gasteiger partial charge in [0.1, 0.15) is 4.90 Å². The van der Waals surface area contributed by atoms with Crippen molar-refractivity contribution in [3.8, 4) is 0 Å². The van der Waals surface area contributed by atoms with Gasteiger partial charge < -0.3 is 5.32 Å². The molecule has 22 heavy (non-hydrogen) atoms. The first-order chi connectivity index (χ1) is 10.4. The van der Waals surface area contributed by atoms with Crippen molar-refractivity contribution in [3.05, 3.63) is 53.9 Å². The molecule has 8 heteroatoms. The molecule has 0 radical (unpaired) electrons. The number of fused-ring (bicyclic) bond motifs is 1. The first kappa shape index (κ1) is 14.2. The Morgan fingerprint density at radius 3 is 2.73 bits per heavy atom. The maximum atomic E-state index is 12.2. The summed E-state index contributed by atoms with van der Waals surface area (Å²) in [6.07, 6.45) is 3.04. The van der Waals surface area contributed by atoms with Crippen LogP contribution < -0.4 is 5.32 Å². The van der Waals surface area contributed by atoms with E-state index in [1.54, 1.807) is 18.3 Å². The van der Waals surface area contributed by atoms with Crippen LogP contribution in [0.5, 0.6) is 0 Å². The summed E-state index contributed by atoms with van der Waals surface area (Å²) >= 11 is 0. The number of aromatic nitrogens is 1. The summed E-state index contributed by atoms with van der Waals surface area (Å²) in [6.45, 7) is 0. The highest BCUT2D eigenvalue weighted by atomic mass is 32.2. The van der Waals surface area contributed by atoms with E-state index in [0.29, 0.717) is 9.99 Å². The van der Waals surface area contributed by atoms with E-state index in [-0.39, 0.29) is 16.0 Å². The van der Waals surface area contributed by atoms with Gasteiger partial charge in [0, 0.05) is 18.8 Å². The zero-order chi connectivity index (χ0) is 15.9. The second-order valence-corrected chi connectivity index (χ2v) is 6.62. The molecule has 1 aromatic carbocycles. The number of carbonyl (C=O) groups excluding carboxylic acids is 2. The second kappa shape index (κ2) is 4.92. The van der Waals surface area contributed by atoms with Crippen LogP contribution in [0.4, 0.5) is 5.69 Å². The summed E-state index contributed by atoms with van der Waals surface area (Å²) < 4.78 is 24.8. The van der Waals surface area contributed by atoms with Crippen molar-refractivity contribution in [1.82, 2.24) is 9.29 Å². The molecule has 0 atom stereocenters. The van der Waals surface area contributed by atoms with Gasteiger partial charge in [-0.3, -0.25) is 14.6 Å². The van der Waals surface area contributed by atoms with Crippen LogP contribution in [0.2, 0.25) is 0 Å². The number of sulfonamides is 1. The summed E-state index contributed by atoms with van der Waals surface area (Å²) in [5.41, 5.74) is 0.707. The Kier molecular flexibility index (Phi) is 3.18. The smallest absolute Gasteiger partial charge is 0.268 e. The molecule has 0 saturated carbocycles. The fourth-order valence-corrected chi connectivity index (χ4v) is 3.44. The number of anilines is 1. The Morgan fingerprint density at radius 2 is 2.05 bits per heavy atom. The number of hydrogen-bond donors (Lipinski definition) is 1. The van der Waals surface area contributed by atoms with Crippen molar-refractivity contribution in [2.24, 2.45) is 0 Å². The Bertz CT molecular complexity index is 878. The highest BCUT2D eigenvalue weighted by molar-refractivity contribution is 7.90. The lowest BCUT2D eigenvalue weighted by atomic mass is 10.1. The molecule has 1 aliphatic heterocycles. The molecule has 2 heterocycles. The number of amides is 2. The molecular weight excluding hydrogens is 306 g/mol. The fourth-order valence-electron chi connectivity index (χ4n) is 2.12. The Labute approximate surface area is 126 Å². The van der Waals surface area contributed by atoms with Crippen LogP contribution in [0.15, 0.2) is 47.6 Å². The number of hydrogen-bond acceptors (Lipinski definition) is 5. The van der Waals surface area contributed by atoms with Gasteiger partial charge in [0.05, 0.1) is 17.4 Å². The van der Waals surface area contributed by atoms with Gasteiger partial charge in [-0.2, -0.15) is 0 Å². The van der Waals surface area contributed by atoms with E-state index in [2.05, 4.69) is 10.3 Å². The molecule has 7 nitrogen and oxygen atoms in total. The number of benzene rings is 1. The third-order valence-corrected chi connectivity index (χ3v) is 5.10. The van der Waals surface area contributed by atoms with Gasteiger partial charge in [0.15, 0.2) is 0 Å². The summed E-state index contributed by atoms with van der Waals surface area (Å²) in [4.78, 5) is 27.7.